The normalized spacial score (nSPS) is 10.2. The summed E-state index contributed by atoms with van der Waals surface area (Å²) in [5, 5.41) is 0. The molecule has 92 valence electrons. The number of rotatable bonds is 2. The molecule has 2 aromatic rings. The van der Waals surface area contributed by atoms with E-state index in [1.54, 1.807) is 0 Å². The van der Waals surface area contributed by atoms with Crippen LogP contribution >= 0.6 is 0 Å². The van der Waals surface area contributed by atoms with Crippen molar-refractivity contribution in [3.63, 3.8) is 0 Å². The molecule has 0 aliphatic heterocycles. The van der Waals surface area contributed by atoms with Gasteiger partial charge in [0.2, 0.25) is 0 Å². The van der Waals surface area contributed by atoms with E-state index in [9.17, 15) is 13.6 Å². The molecule has 1 aromatic heterocycles. The van der Waals surface area contributed by atoms with Crippen LogP contribution in [0.25, 0.3) is 11.1 Å². The van der Waals surface area contributed by atoms with Crippen molar-refractivity contribution in [2.24, 2.45) is 0 Å². The molecule has 0 spiro atoms. The lowest BCUT2D eigenvalue weighted by atomic mass is 10.0. The quantitative estimate of drug-likeness (QED) is 0.768. The number of benzene rings is 1. The fourth-order valence-electron chi connectivity index (χ4n) is 1.60. The first-order valence-corrected chi connectivity index (χ1v) is 5.11. The van der Waals surface area contributed by atoms with E-state index in [2.05, 4.69) is 9.72 Å². The Balaban J connectivity index is 2.60. The average Bonchev–Trinajstić information content (AvgIpc) is 2.38. The van der Waals surface area contributed by atoms with Crippen molar-refractivity contribution in [1.29, 1.82) is 0 Å². The third kappa shape index (κ3) is 2.20. The van der Waals surface area contributed by atoms with Gasteiger partial charge in [-0.25, -0.2) is 13.6 Å². The zero-order valence-corrected chi connectivity index (χ0v) is 9.48. The Bertz CT molecular complexity index is 599. The third-order valence-corrected chi connectivity index (χ3v) is 2.45. The topological polar surface area (TPSA) is 39.2 Å². The Morgan fingerprint density at radius 2 is 2.00 bits per heavy atom. The van der Waals surface area contributed by atoms with Crippen LogP contribution in [0.4, 0.5) is 8.78 Å². The molecule has 0 fully saturated rings. The number of halogens is 2. The molecule has 2 rings (SSSR count). The van der Waals surface area contributed by atoms with Gasteiger partial charge in [0.05, 0.1) is 12.7 Å². The van der Waals surface area contributed by atoms with Gasteiger partial charge < -0.3 is 4.74 Å². The monoisotopic (exact) mass is 249 g/mol. The lowest BCUT2D eigenvalue weighted by Crippen LogP contribution is -2.04. The highest BCUT2D eigenvalue weighted by atomic mass is 19.1. The van der Waals surface area contributed by atoms with Crippen LogP contribution in [0.15, 0.2) is 36.7 Å². The molecule has 0 aliphatic carbocycles. The van der Waals surface area contributed by atoms with E-state index in [0.29, 0.717) is 0 Å². The Morgan fingerprint density at radius 3 is 2.67 bits per heavy atom. The molecular weight excluding hydrogens is 240 g/mol. The average molecular weight is 249 g/mol. The fraction of sp³-hybridized carbons (Fsp3) is 0.0769. The second-order valence-corrected chi connectivity index (χ2v) is 3.54. The second kappa shape index (κ2) is 4.91. The van der Waals surface area contributed by atoms with Crippen LogP contribution in [-0.4, -0.2) is 18.1 Å². The minimum absolute atomic E-state index is 0.102. The first-order chi connectivity index (χ1) is 8.63. The summed E-state index contributed by atoms with van der Waals surface area (Å²) in [6.45, 7) is 0. The van der Waals surface area contributed by atoms with Crippen molar-refractivity contribution < 1.29 is 18.3 Å². The second-order valence-electron chi connectivity index (χ2n) is 3.54. The van der Waals surface area contributed by atoms with Crippen molar-refractivity contribution in [3.05, 3.63) is 53.9 Å². The molecule has 0 saturated carbocycles. The number of hydrogen-bond donors (Lipinski definition) is 0. The van der Waals surface area contributed by atoms with Crippen LogP contribution in [-0.2, 0) is 4.74 Å². The van der Waals surface area contributed by atoms with Gasteiger partial charge in [0.25, 0.3) is 0 Å². The van der Waals surface area contributed by atoms with E-state index in [1.807, 2.05) is 0 Å². The van der Waals surface area contributed by atoms with Gasteiger partial charge >= 0.3 is 5.97 Å². The number of hydrogen-bond acceptors (Lipinski definition) is 3. The summed E-state index contributed by atoms with van der Waals surface area (Å²) in [6.07, 6.45) is 2.74. The van der Waals surface area contributed by atoms with Crippen molar-refractivity contribution in [3.8, 4) is 11.1 Å². The summed E-state index contributed by atoms with van der Waals surface area (Å²) in [4.78, 5) is 15.4. The standard InChI is InChI=1S/C13H9F2NO2/c1-18-13(17)10-4-5-16-7-11(10)9-3-2-8(14)6-12(9)15/h2-7H,1H3. The van der Waals surface area contributed by atoms with Crippen LogP contribution in [0, 0.1) is 11.6 Å². The number of carbonyl (C=O) groups excluding carboxylic acids is 1. The molecule has 1 aromatic carbocycles. The van der Waals surface area contributed by atoms with Crippen molar-refractivity contribution in [1.82, 2.24) is 4.98 Å². The highest BCUT2D eigenvalue weighted by Crippen LogP contribution is 2.26. The SMILES string of the molecule is COC(=O)c1ccncc1-c1ccc(F)cc1F. The largest absolute Gasteiger partial charge is 0.465 e. The number of nitrogens with zero attached hydrogens (tertiary/aromatic N) is 1. The molecule has 0 unspecified atom stereocenters. The Kier molecular flexibility index (Phi) is 3.32. The Hall–Kier alpha value is -2.30. The van der Waals surface area contributed by atoms with E-state index >= 15 is 0 Å². The van der Waals surface area contributed by atoms with Gasteiger partial charge in [0.15, 0.2) is 0 Å². The lowest BCUT2D eigenvalue weighted by molar-refractivity contribution is 0.0601. The maximum Gasteiger partial charge on any atom is 0.338 e. The van der Waals surface area contributed by atoms with Gasteiger partial charge in [-0.05, 0) is 18.2 Å². The molecule has 0 N–H and O–H groups in total. The molecule has 0 bridgehead atoms. The number of pyridine rings is 1. The number of ether oxygens (including phenoxy) is 1. The highest BCUT2D eigenvalue weighted by Gasteiger charge is 2.16. The van der Waals surface area contributed by atoms with Gasteiger partial charge in [-0.3, -0.25) is 4.98 Å². The summed E-state index contributed by atoms with van der Waals surface area (Å²) in [6, 6.07) is 4.55. The van der Waals surface area contributed by atoms with E-state index in [1.165, 1.54) is 31.6 Å². The number of esters is 1. The molecule has 0 aliphatic rings. The van der Waals surface area contributed by atoms with Crippen LogP contribution in [0.5, 0.6) is 0 Å². The fourth-order valence-corrected chi connectivity index (χ4v) is 1.60. The molecule has 0 atom stereocenters. The van der Waals surface area contributed by atoms with Gasteiger partial charge in [-0.2, -0.15) is 0 Å². The van der Waals surface area contributed by atoms with E-state index in [0.717, 1.165) is 12.1 Å². The van der Waals surface area contributed by atoms with Crippen molar-refractivity contribution >= 4 is 5.97 Å². The predicted octanol–water partition coefficient (Wildman–Crippen LogP) is 2.81. The summed E-state index contributed by atoms with van der Waals surface area (Å²) < 4.78 is 31.1. The predicted molar refractivity (Wildman–Crippen MR) is 60.9 cm³/mol. The van der Waals surface area contributed by atoms with Crippen LogP contribution in [0.1, 0.15) is 10.4 Å². The molecule has 5 heteroatoms. The van der Waals surface area contributed by atoms with Gasteiger partial charge in [0.1, 0.15) is 11.6 Å². The maximum absolute atomic E-state index is 13.7. The van der Waals surface area contributed by atoms with Gasteiger partial charge in [-0.15, -0.1) is 0 Å². The Morgan fingerprint density at radius 1 is 1.22 bits per heavy atom. The van der Waals surface area contributed by atoms with Crippen LogP contribution < -0.4 is 0 Å². The van der Waals surface area contributed by atoms with Crippen molar-refractivity contribution in [2.75, 3.05) is 7.11 Å². The molecule has 3 nitrogen and oxygen atoms in total. The molecule has 0 saturated heterocycles. The summed E-state index contributed by atoms with van der Waals surface area (Å²) in [7, 11) is 1.23. The molecule has 0 amide bonds. The first-order valence-electron chi connectivity index (χ1n) is 5.11. The Labute approximate surface area is 102 Å². The zero-order valence-electron chi connectivity index (χ0n) is 9.48. The molecule has 1 heterocycles. The van der Waals surface area contributed by atoms with Gasteiger partial charge in [0, 0.05) is 29.6 Å². The van der Waals surface area contributed by atoms with Crippen LogP contribution in [0.2, 0.25) is 0 Å². The lowest BCUT2D eigenvalue weighted by Gasteiger charge is -2.08. The first kappa shape index (κ1) is 12.2. The van der Waals surface area contributed by atoms with Crippen LogP contribution in [0.3, 0.4) is 0 Å². The summed E-state index contributed by atoms with van der Waals surface area (Å²) >= 11 is 0. The molecule has 0 radical (unpaired) electrons. The third-order valence-electron chi connectivity index (χ3n) is 2.45. The zero-order chi connectivity index (χ0) is 13.1. The number of methoxy groups -OCH3 is 1. The minimum Gasteiger partial charge on any atom is -0.465 e. The maximum atomic E-state index is 13.7. The highest BCUT2D eigenvalue weighted by molar-refractivity contribution is 5.96. The molecule has 18 heavy (non-hydrogen) atoms. The molecular formula is C13H9F2NO2. The minimum atomic E-state index is -0.756. The summed E-state index contributed by atoms with van der Waals surface area (Å²) in [5.41, 5.74) is 0.546. The van der Waals surface area contributed by atoms with Crippen molar-refractivity contribution in [2.45, 2.75) is 0 Å². The van der Waals surface area contributed by atoms with Gasteiger partial charge in [-0.1, -0.05) is 0 Å². The number of carbonyl (C=O) groups is 1. The van der Waals surface area contributed by atoms with E-state index in [4.69, 9.17) is 0 Å². The number of aromatic nitrogens is 1. The van der Waals surface area contributed by atoms with E-state index in [-0.39, 0.29) is 16.7 Å². The summed E-state index contributed by atoms with van der Waals surface area (Å²) in [5.74, 6) is -2.04. The smallest absolute Gasteiger partial charge is 0.338 e. The van der Waals surface area contributed by atoms with E-state index < -0.39 is 17.6 Å².